The third-order valence-electron chi connectivity index (χ3n) is 4.10. The third kappa shape index (κ3) is 3.21. The standard InChI is InChI=1S/C20H18N2O3/c1-12-5-8-15(9-6-12)11-16-18(23)21-20(25)22(19(16)24)17-10-13(2)4-7-14(17)3/h4-11H,1-3H3,(H,21,23,25)/b16-11+. The van der Waals surface area contributed by atoms with Gasteiger partial charge in [0.1, 0.15) is 5.57 Å². The number of amides is 4. The molecule has 0 spiro atoms. The molecule has 0 aromatic heterocycles. The van der Waals surface area contributed by atoms with E-state index in [-0.39, 0.29) is 5.57 Å². The molecule has 1 aliphatic rings. The summed E-state index contributed by atoms with van der Waals surface area (Å²) < 4.78 is 0. The van der Waals surface area contributed by atoms with Crippen LogP contribution >= 0.6 is 0 Å². The number of urea groups is 1. The number of aryl methyl sites for hydroxylation is 3. The van der Waals surface area contributed by atoms with Crippen molar-refractivity contribution in [1.29, 1.82) is 0 Å². The molecule has 3 rings (SSSR count). The lowest BCUT2D eigenvalue weighted by Gasteiger charge is -2.27. The molecule has 1 saturated heterocycles. The highest BCUT2D eigenvalue weighted by Crippen LogP contribution is 2.26. The molecule has 4 amide bonds. The van der Waals surface area contributed by atoms with Gasteiger partial charge < -0.3 is 0 Å². The minimum absolute atomic E-state index is 0.0654. The molecule has 1 fully saturated rings. The minimum atomic E-state index is -0.732. The van der Waals surface area contributed by atoms with Gasteiger partial charge in [-0.25, -0.2) is 9.69 Å². The van der Waals surface area contributed by atoms with Gasteiger partial charge in [-0.15, -0.1) is 0 Å². The number of nitrogens with zero attached hydrogens (tertiary/aromatic N) is 1. The number of barbiturate groups is 1. The molecule has 126 valence electrons. The highest BCUT2D eigenvalue weighted by molar-refractivity contribution is 6.39. The average Bonchev–Trinajstić information content (AvgIpc) is 2.56. The average molecular weight is 334 g/mol. The molecule has 1 aliphatic heterocycles. The van der Waals surface area contributed by atoms with Gasteiger partial charge in [0, 0.05) is 0 Å². The second-order valence-electron chi connectivity index (χ2n) is 6.16. The predicted octanol–water partition coefficient (Wildman–Crippen LogP) is 3.28. The molecule has 0 aliphatic carbocycles. The van der Waals surface area contributed by atoms with Crippen molar-refractivity contribution in [2.24, 2.45) is 0 Å². The number of hydrogen-bond acceptors (Lipinski definition) is 3. The summed E-state index contributed by atoms with van der Waals surface area (Å²) in [6.07, 6.45) is 1.50. The number of nitrogens with one attached hydrogen (secondary N) is 1. The minimum Gasteiger partial charge on any atom is -0.273 e. The molecule has 2 aromatic rings. The Hall–Kier alpha value is -3.21. The Bertz CT molecular complexity index is 911. The molecular weight excluding hydrogens is 316 g/mol. The summed E-state index contributed by atoms with van der Waals surface area (Å²) in [5, 5.41) is 2.25. The van der Waals surface area contributed by atoms with Crippen molar-refractivity contribution in [3.05, 3.63) is 70.3 Å². The van der Waals surface area contributed by atoms with Crippen molar-refractivity contribution in [3.63, 3.8) is 0 Å². The summed E-state index contributed by atoms with van der Waals surface area (Å²) in [5.74, 6) is -1.31. The second kappa shape index (κ2) is 6.36. The van der Waals surface area contributed by atoms with Crippen LogP contribution in [-0.2, 0) is 9.59 Å². The number of carbonyl (C=O) groups excluding carboxylic acids is 3. The van der Waals surface area contributed by atoms with Gasteiger partial charge in [-0.2, -0.15) is 0 Å². The fourth-order valence-electron chi connectivity index (χ4n) is 2.67. The molecule has 2 aromatic carbocycles. The number of carbonyl (C=O) groups is 3. The Morgan fingerprint density at radius 2 is 1.52 bits per heavy atom. The normalized spacial score (nSPS) is 16.4. The van der Waals surface area contributed by atoms with E-state index < -0.39 is 17.8 Å². The van der Waals surface area contributed by atoms with Crippen LogP contribution in [0, 0.1) is 20.8 Å². The van der Waals surface area contributed by atoms with Crippen LogP contribution in [0.25, 0.3) is 6.08 Å². The molecule has 0 saturated carbocycles. The van der Waals surface area contributed by atoms with E-state index in [0.29, 0.717) is 5.69 Å². The molecule has 0 bridgehead atoms. The summed E-state index contributed by atoms with van der Waals surface area (Å²) >= 11 is 0. The van der Waals surface area contributed by atoms with E-state index in [1.165, 1.54) is 6.08 Å². The summed E-state index contributed by atoms with van der Waals surface area (Å²) in [6, 6.07) is 12.2. The Morgan fingerprint density at radius 3 is 2.20 bits per heavy atom. The molecule has 1 heterocycles. The fourth-order valence-corrected chi connectivity index (χ4v) is 2.67. The van der Waals surface area contributed by atoms with Crippen molar-refractivity contribution in [2.45, 2.75) is 20.8 Å². The van der Waals surface area contributed by atoms with Gasteiger partial charge in [-0.05, 0) is 49.6 Å². The Kier molecular flexibility index (Phi) is 4.23. The van der Waals surface area contributed by atoms with Crippen LogP contribution in [0.4, 0.5) is 10.5 Å². The summed E-state index contributed by atoms with van der Waals surface area (Å²) in [6.45, 7) is 5.65. The van der Waals surface area contributed by atoms with E-state index in [0.717, 1.165) is 27.2 Å². The van der Waals surface area contributed by atoms with Gasteiger partial charge in [0.25, 0.3) is 11.8 Å². The Labute approximate surface area is 146 Å². The Morgan fingerprint density at radius 1 is 0.880 bits per heavy atom. The summed E-state index contributed by atoms with van der Waals surface area (Å²) in [4.78, 5) is 38.3. The lowest BCUT2D eigenvalue weighted by atomic mass is 10.0. The van der Waals surface area contributed by atoms with Gasteiger partial charge in [-0.1, -0.05) is 42.0 Å². The van der Waals surface area contributed by atoms with Crippen molar-refractivity contribution in [1.82, 2.24) is 5.32 Å². The van der Waals surface area contributed by atoms with Crippen molar-refractivity contribution in [3.8, 4) is 0 Å². The number of rotatable bonds is 2. The number of hydrogen-bond donors (Lipinski definition) is 1. The van der Waals surface area contributed by atoms with E-state index in [4.69, 9.17) is 0 Å². The maximum atomic E-state index is 12.9. The van der Waals surface area contributed by atoms with Gasteiger partial charge in [0.15, 0.2) is 0 Å². The van der Waals surface area contributed by atoms with Crippen LogP contribution in [0.5, 0.6) is 0 Å². The van der Waals surface area contributed by atoms with Crippen LogP contribution < -0.4 is 10.2 Å². The zero-order valence-electron chi connectivity index (χ0n) is 14.3. The zero-order valence-corrected chi connectivity index (χ0v) is 14.3. The largest absolute Gasteiger partial charge is 0.335 e. The zero-order chi connectivity index (χ0) is 18.1. The van der Waals surface area contributed by atoms with E-state index in [1.54, 1.807) is 6.07 Å². The van der Waals surface area contributed by atoms with Crippen molar-refractivity contribution < 1.29 is 14.4 Å². The molecule has 5 heteroatoms. The van der Waals surface area contributed by atoms with E-state index in [2.05, 4.69) is 5.32 Å². The molecule has 25 heavy (non-hydrogen) atoms. The monoisotopic (exact) mass is 334 g/mol. The summed E-state index contributed by atoms with van der Waals surface area (Å²) in [5.41, 5.74) is 3.91. The van der Waals surface area contributed by atoms with Crippen molar-refractivity contribution in [2.75, 3.05) is 4.90 Å². The first kappa shape index (κ1) is 16.6. The third-order valence-corrected chi connectivity index (χ3v) is 4.10. The van der Waals surface area contributed by atoms with Crippen LogP contribution in [0.3, 0.4) is 0 Å². The Balaban J connectivity index is 2.05. The SMILES string of the molecule is Cc1ccc(/C=C2\C(=O)NC(=O)N(c3cc(C)ccc3C)C2=O)cc1. The van der Waals surface area contributed by atoms with E-state index in [1.807, 2.05) is 57.2 Å². The van der Waals surface area contributed by atoms with Gasteiger partial charge in [0.2, 0.25) is 0 Å². The first-order chi connectivity index (χ1) is 11.9. The lowest BCUT2D eigenvalue weighted by Crippen LogP contribution is -2.54. The molecule has 0 unspecified atom stereocenters. The van der Waals surface area contributed by atoms with Gasteiger partial charge >= 0.3 is 6.03 Å². The first-order valence-corrected chi connectivity index (χ1v) is 7.92. The number of imide groups is 2. The molecule has 0 radical (unpaired) electrons. The van der Waals surface area contributed by atoms with E-state index in [9.17, 15) is 14.4 Å². The molecular formula is C20H18N2O3. The number of anilines is 1. The number of benzene rings is 2. The topological polar surface area (TPSA) is 66.5 Å². The van der Waals surface area contributed by atoms with Crippen LogP contribution in [0.2, 0.25) is 0 Å². The molecule has 5 nitrogen and oxygen atoms in total. The maximum absolute atomic E-state index is 12.9. The maximum Gasteiger partial charge on any atom is 0.335 e. The van der Waals surface area contributed by atoms with Crippen molar-refractivity contribution >= 4 is 29.6 Å². The van der Waals surface area contributed by atoms with Crippen LogP contribution in [0.1, 0.15) is 22.3 Å². The van der Waals surface area contributed by atoms with E-state index >= 15 is 0 Å². The fraction of sp³-hybridized carbons (Fsp3) is 0.150. The highest BCUT2D eigenvalue weighted by Gasteiger charge is 2.37. The van der Waals surface area contributed by atoms with Gasteiger partial charge in [-0.3, -0.25) is 14.9 Å². The van der Waals surface area contributed by atoms with Crippen LogP contribution in [-0.4, -0.2) is 17.8 Å². The first-order valence-electron chi connectivity index (χ1n) is 7.92. The molecule has 1 N–H and O–H groups in total. The quantitative estimate of drug-likeness (QED) is 0.677. The smallest absolute Gasteiger partial charge is 0.273 e. The van der Waals surface area contributed by atoms with Crippen LogP contribution in [0.15, 0.2) is 48.0 Å². The lowest BCUT2D eigenvalue weighted by molar-refractivity contribution is -0.122. The predicted molar refractivity (Wildman–Crippen MR) is 96.1 cm³/mol. The summed E-state index contributed by atoms with van der Waals surface area (Å²) in [7, 11) is 0. The highest BCUT2D eigenvalue weighted by atomic mass is 16.2. The van der Waals surface area contributed by atoms with Gasteiger partial charge in [0.05, 0.1) is 5.69 Å². The second-order valence-corrected chi connectivity index (χ2v) is 6.16. The molecule has 0 atom stereocenters.